The molecule has 25 heavy (non-hydrogen) atoms. The number of carbonyl (C=O) groups excluding carboxylic acids is 2. The molecule has 1 saturated carbocycles. The fourth-order valence-electron chi connectivity index (χ4n) is 2.88. The normalized spacial score (nSPS) is 14.7. The van der Waals surface area contributed by atoms with E-state index >= 15 is 0 Å². The van der Waals surface area contributed by atoms with Gasteiger partial charge in [-0.2, -0.15) is 0 Å². The maximum Gasteiger partial charge on any atom is 0.240 e. The molecule has 0 saturated heterocycles. The molecule has 1 aliphatic carbocycles. The molecule has 2 aromatic rings. The average molecular weight is 336 g/mol. The molecule has 4 heteroatoms. The molecule has 0 aliphatic heterocycles. The molecular formula is C21H24N2O2. The lowest BCUT2D eigenvalue weighted by molar-refractivity contribution is -0.131. The fraction of sp³-hybridized carbons (Fsp3) is 0.333. The Bertz CT molecular complexity index is 851. The maximum atomic E-state index is 12.7. The number of carbonyl (C=O) groups is 2. The molecule has 1 aliphatic rings. The van der Waals surface area contributed by atoms with Gasteiger partial charge in [0.05, 0.1) is 0 Å². The molecule has 2 amide bonds. The third-order valence-electron chi connectivity index (χ3n) is 5.24. The third-order valence-corrected chi connectivity index (χ3v) is 5.24. The highest BCUT2D eigenvalue weighted by molar-refractivity contribution is 6.17. The van der Waals surface area contributed by atoms with Crippen LogP contribution in [0.4, 0.5) is 11.4 Å². The Morgan fingerprint density at radius 1 is 0.840 bits per heavy atom. The first-order valence-corrected chi connectivity index (χ1v) is 8.60. The summed E-state index contributed by atoms with van der Waals surface area (Å²) in [5, 5.41) is 5.85. The zero-order chi connectivity index (χ0) is 18.2. The van der Waals surface area contributed by atoms with Crippen molar-refractivity contribution < 1.29 is 9.59 Å². The van der Waals surface area contributed by atoms with Crippen LogP contribution in [0.1, 0.15) is 35.1 Å². The molecular weight excluding hydrogens is 312 g/mol. The van der Waals surface area contributed by atoms with E-state index in [9.17, 15) is 9.59 Å². The summed E-state index contributed by atoms with van der Waals surface area (Å²) in [6, 6.07) is 11.6. The van der Waals surface area contributed by atoms with Gasteiger partial charge in [0.1, 0.15) is 5.41 Å². The minimum atomic E-state index is -0.949. The van der Waals surface area contributed by atoms with E-state index in [1.165, 1.54) is 5.56 Å². The Balaban J connectivity index is 1.74. The second kappa shape index (κ2) is 6.36. The molecule has 2 aromatic carbocycles. The Labute approximate surface area is 148 Å². The van der Waals surface area contributed by atoms with Crippen LogP contribution in [0.3, 0.4) is 0 Å². The van der Waals surface area contributed by atoms with Gasteiger partial charge in [-0.05, 0) is 81.0 Å². The van der Waals surface area contributed by atoms with Crippen molar-refractivity contribution in [3.8, 4) is 0 Å². The first kappa shape index (κ1) is 17.2. The van der Waals surface area contributed by atoms with E-state index in [1.807, 2.05) is 64.1 Å². The topological polar surface area (TPSA) is 58.2 Å². The summed E-state index contributed by atoms with van der Waals surface area (Å²) in [6.07, 6.45) is 1.17. The number of amides is 2. The Hall–Kier alpha value is -2.62. The molecule has 3 rings (SSSR count). The van der Waals surface area contributed by atoms with Gasteiger partial charge in [0, 0.05) is 11.4 Å². The largest absolute Gasteiger partial charge is 0.325 e. The standard InChI is InChI=1S/C21H24N2O2/c1-13-8-9-17(12-15(13)3)22-19(24)21(10-11-21)20(25)23-18-7-5-6-14(2)16(18)4/h5-9,12H,10-11H2,1-4H3,(H,22,24)(H,23,25). The molecule has 0 spiro atoms. The Kier molecular flexibility index (Phi) is 4.38. The van der Waals surface area contributed by atoms with Crippen molar-refractivity contribution in [2.24, 2.45) is 5.41 Å². The quantitative estimate of drug-likeness (QED) is 0.819. The summed E-state index contributed by atoms with van der Waals surface area (Å²) in [7, 11) is 0. The van der Waals surface area contributed by atoms with E-state index in [2.05, 4.69) is 10.6 Å². The summed E-state index contributed by atoms with van der Waals surface area (Å²) in [4.78, 5) is 25.4. The molecule has 0 aromatic heterocycles. The van der Waals surface area contributed by atoms with Gasteiger partial charge in [-0.1, -0.05) is 18.2 Å². The number of anilines is 2. The van der Waals surface area contributed by atoms with Crippen LogP contribution >= 0.6 is 0 Å². The van der Waals surface area contributed by atoms with Crippen LogP contribution in [-0.4, -0.2) is 11.8 Å². The summed E-state index contributed by atoms with van der Waals surface area (Å²) >= 11 is 0. The number of nitrogens with one attached hydrogen (secondary N) is 2. The zero-order valence-corrected chi connectivity index (χ0v) is 15.2. The highest BCUT2D eigenvalue weighted by Gasteiger charge is 2.56. The van der Waals surface area contributed by atoms with Crippen molar-refractivity contribution in [2.45, 2.75) is 40.5 Å². The average Bonchev–Trinajstić information content (AvgIpc) is 3.37. The molecule has 0 bridgehead atoms. The van der Waals surface area contributed by atoms with Crippen molar-refractivity contribution in [1.29, 1.82) is 0 Å². The minimum Gasteiger partial charge on any atom is -0.325 e. The lowest BCUT2D eigenvalue weighted by Gasteiger charge is -2.17. The number of benzene rings is 2. The van der Waals surface area contributed by atoms with Gasteiger partial charge >= 0.3 is 0 Å². The van der Waals surface area contributed by atoms with Gasteiger partial charge in [0.2, 0.25) is 11.8 Å². The number of hydrogen-bond acceptors (Lipinski definition) is 2. The monoisotopic (exact) mass is 336 g/mol. The Morgan fingerprint density at radius 2 is 1.52 bits per heavy atom. The van der Waals surface area contributed by atoms with Crippen molar-refractivity contribution >= 4 is 23.2 Å². The first-order valence-electron chi connectivity index (χ1n) is 8.60. The maximum absolute atomic E-state index is 12.7. The number of aryl methyl sites for hydroxylation is 3. The summed E-state index contributed by atoms with van der Waals surface area (Å²) in [5.74, 6) is -0.443. The predicted octanol–water partition coefficient (Wildman–Crippen LogP) is 4.28. The van der Waals surface area contributed by atoms with Crippen molar-refractivity contribution in [1.82, 2.24) is 0 Å². The van der Waals surface area contributed by atoms with Gasteiger partial charge in [0.15, 0.2) is 0 Å². The van der Waals surface area contributed by atoms with Gasteiger partial charge in [-0.25, -0.2) is 0 Å². The van der Waals surface area contributed by atoms with Crippen LogP contribution in [-0.2, 0) is 9.59 Å². The summed E-state index contributed by atoms with van der Waals surface area (Å²) in [5.41, 5.74) is 4.99. The molecule has 0 radical (unpaired) electrons. The van der Waals surface area contributed by atoms with Crippen molar-refractivity contribution in [2.75, 3.05) is 10.6 Å². The van der Waals surface area contributed by atoms with Crippen LogP contribution < -0.4 is 10.6 Å². The van der Waals surface area contributed by atoms with Crippen LogP contribution in [0, 0.1) is 33.1 Å². The fourth-order valence-corrected chi connectivity index (χ4v) is 2.88. The van der Waals surface area contributed by atoms with Crippen LogP contribution in [0.15, 0.2) is 36.4 Å². The highest BCUT2D eigenvalue weighted by atomic mass is 16.2. The summed E-state index contributed by atoms with van der Waals surface area (Å²) < 4.78 is 0. The van der Waals surface area contributed by atoms with Crippen LogP contribution in [0.25, 0.3) is 0 Å². The molecule has 0 heterocycles. The van der Waals surface area contributed by atoms with Gasteiger partial charge in [0.25, 0.3) is 0 Å². The van der Waals surface area contributed by atoms with E-state index in [-0.39, 0.29) is 11.8 Å². The number of hydrogen-bond donors (Lipinski definition) is 2. The first-order chi connectivity index (χ1) is 11.8. The van der Waals surface area contributed by atoms with E-state index in [4.69, 9.17) is 0 Å². The van der Waals surface area contributed by atoms with E-state index in [1.54, 1.807) is 0 Å². The predicted molar refractivity (Wildman–Crippen MR) is 101 cm³/mol. The third kappa shape index (κ3) is 3.29. The van der Waals surface area contributed by atoms with Gasteiger partial charge in [-0.3, -0.25) is 9.59 Å². The molecule has 0 unspecified atom stereocenters. The van der Waals surface area contributed by atoms with E-state index in [0.717, 1.165) is 28.1 Å². The summed E-state index contributed by atoms with van der Waals surface area (Å²) in [6.45, 7) is 8.01. The van der Waals surface area contributed by atoms with Crippen molar-refractivity contribution in [3.05, 3.63) is 58.7 Å². The molecule has 0 atom stereocenters. The lowest BCUT2D eigenvalue weighted by atomic mass is 10.0. The van der Waals surface area contributed by atoms with Gasteiger partial charge < -0.3 is 10.6 Å². The lowest BCUT2D eigenvalue weighted by Crippen LogP contribution is -2.35. The van der Waals surface area contributed by atoms with Crippen LogP contribution in [0.5, 0.6) is 0 Å². The number of rotatable bonds is 4. The second-order valence-electron chi connectivity index (χ2n) is 7.04. The zero-order valence-electron chi connectivity index (χ0n) is 15.2. The highest BCUT2D eigenvalue weighted by Crippen LogP contribution is 2.47. The van der Waals surface area contributed by atoms with Crippen LogP contribution in [0.2, 0.25) is 0 Å². The SMILES string of the molecule is Cc1ccc(NC(=O)C2(C(=O)Nc3cccc(C)c3C)CC2)cc1C. The van der Waals surface area contributed by atoms with E-state index < -0.39 is 5.41 Å². The Morgan fingerprint density at radius 3 is 2.16 bits per heavy atom. The molecule has 130 valence electrons. The van der Waals surface area contributed by atoms with E-state index in [0.29, 0.717) is 12.8 Å². The molecule has 2 N–H and O–H groups in total. The van der Waals surface area contributed by atoms with Gasteiger partial charge in [-0.15, -0.1) is 0 Å². The molecule has 1 fully saturated rings. The minimum absolute atomic E-state index is 0.220. The second-order valence-corrected chi connectivity index (χ2v) is 7.04. The molecule has 4 nitrogen and oxygen atoms in total. The smallest absolute Gasteiger partial charge is 0.240 e. The van der Waals surface area contributed by atoms with Crippen molar-refractivity contribution in [3.63, 3.8) is 0 Å².